The summed E-state index contributed by atoms with van der Waals surface area (Å²) in [5.41, 5.74) is 2.39. The van der Waals surface area contributed by atoms with Gasteiger partial charge in [-0.1, -0.05) is 48.0 Å². The maximum atomic E-state index is 12.3. The molecule has 0 heterocycles. The lowest BCUT2D eigenvalue weighted by Crippen LogP contribution is -2.17. The van der Waals surface area contributed by atoms with Gasteiger partial charge in [-0.2, -0.15) is 0 Å². The van der Waals surface area contributed by atoms with Crippen molar-refractivity contribution in [3.05, 3.63) is 71.8 Å². The molecule has 1 N–H and O–H groups in total. The van der Waals surface area contributed by atoms with Crippen LogP contribution in [0, 0.1) is 0 Å². The molecule has 0 fully saturated rings. The third kappa shape index (κ3) is 4.51. The Kier molecular flexibility index (Phi) is 5.84. The molecule has 0 aliphatic rings. The quantitative estimate of drug-likeness (QED) is 0.619. The molecule has 0 saturated carbocycles. The lowest BCUT2D eigenvalue weighted by atomic mass is 10.1. The van der Waals surface area contributed by atoms with Gasteiger partial charge in [0.05, 0.1) is 24.9 Å². The molecule has 0 aliphatic carbocycles. The number of carbonyl (C=O) groups excluding carboxylic acids is 1. The molecule has 0 atom stereocenters. The molecule has 0 aromatic heterocycles. The Morgan fingerprint density at radius 2 is 1.59 bits per heavy atom. The smallest absolute Gasteiger partial charge is 0.417 e. The van der Waals surface area contributed by atoms with Gasteiger partial charge in [-0.3, -0.25) is 5.32 Å². The molecule has 0 saturated heterocycles. The van der Waals surface area contributed by atoms with E-state index >= 15 is 0 Å². The Morgan fingerprint density at radius 3 is 2.26 bits per heavy atom. The minimum absolute atomic E-state index is 0.260. The van der Waals surface area contributed by atoms with Gasteiger partial charge in [-0.15, -0.1) is 0 Å². The summed E-state index contributed by atoms with van der Waals surface area (Å²) in [5, 5.41) is 2.97. The molecule has 5 nitrogen and oxygen atoms in total. The second-order valence-electron chi connectivity index (χ2n) is 5.59. The van der Waals surface area contributed by atoms with Crippen LogP contribution in [0.1, 0.15) is 0 Å². The van der Waals surface area contributed by atoms with E-state index in [0.717, 1.165) is 11.1 Å². The zero-order valence-corrected chi connectivity index (χ0v) is 15.6. The molecule has 1 amide bonds. The number of methoxy groups -OCH3 is 2. The number of hydrogen-bond donors (Lipinski definition) is 1. The van der Waals surface area contributed by atoms with Crippen molar-refractivity contribution in [1.29, 1.82) is 0 Å². The highest BCUT2D eigenvalue weighted by Gasteiger charge is 2.13. The first-order valence-corrected chi connectivity index (χ1v) is 8.54. The summed E-state index contributed by atoms with van der Waals surface area (Å²) >= 11 is 6.28. The van der Waals surface area contributed by atoms with Gasteiger partial charge in [0.2, 0.25) is 0 Å². The van der Waals surface area contributed by atoms with E-state index in [2.05, 4.69) is 5.32 Å². The average Bonchev–Trinajstić information content (AvgIpc) is 2.70. The Bertz CT molecular complexity index is 944. The van der Waals surface area contributed by atoms with E-state index in [1.807, 2.05) is 36.4 Å². The lowest BCUT2D eigenvalue weighted by molar-refractivity contribution is 0.215. The molecule has 27 heavy (non-hydrogen) atoms. The molecular formula is C21H18ClNO4. The van der Waals surface area contributed by atoms with Crippen molar-refractivity contribution in [3.8, 4) is 28.4 Å². The molecular weight excluding hydrogens is 366 g/mol. The first-order chi connectivity index (χ1) is 13.1. The lowest BCUT2D eigenvalue weighted by Gasteiger charge is -2.13. The number of ether oxygens (including phenoxy) is 3. The topological polar surface area (TPSA) is 56.8 Å². The summed E-state index contributed by atoms with van der Waals surface area (Å²) in [7, 11) is 3.05. The number of benzene rings is 3. The van der Waals surface area contributed by atoms with Crippen LogP contribution in [0.3, 0.4) is 0 Å². The fourth-order valence-corrected chi connectivity index (χ4v) is 2.76. The van der Waals surface area contributed by atoms with E-state index in [9.17, 15) is 4.79 Å². The second-order valence-corrected chi connectivity index (χ2v) is 6.00. The van der Waals surface area contributed by atoms with Gasteiger partial charge in [-0.25, -0.2) is 4.79 Å². The third-order valence-electron chi connectivity index (χ3n) is 3.89. The number of anilines is 1. The number of rotatable bonds is 5. The van der Waals surface area contributed by atoms with Crippen molar-refractivity contribution in [2.24, 2.45) is 0 Å². The van der Waals surface area contributed by atoms with Crippen molar-refractivity contribution in [2.75, 3.05) is 19.5 Å². The third-order valence-corrected chi connectivity index (χ3v) is 4.18. The largest absolute Gasteiger partial charge is 0.497 e. The Balaban J connectivity index is 1.75. The van der Waals surface area contributed by atoms with Crippen LogP contribution >= 0.6 is 11.6 Å². The normalized spacial score (nSPS) is 10.2. The SMILES string of the molecule is COc1ccc(OC)c(NC(=O)Oc2ccc(-c3ccccc3)cc2Cl)c1. The maximum Gasteiger partial charge on any atom is 0.417 e. The van der Waals surface area contributed by atoms with Crippen LogP contribution in [0.25, 0.3) is 11.1 Å². The van der Waals surface area contributed by atoms with Gasteiger partial charge in [0.15, 0.2) is 5.75 Å². The van der Waals surface area contributed by atoms with Gasteiger partial charge in [-0.05, 0) is 35.4 Å². The van der Waals surface area contributed by atoms with Crippen molar-refractivity contribution in [3.63, 3.8) is 0 Å². The minimum Gasteiger partial charge on any atom is -0.497 e. The Morgan fingerprint density at radius 1 is 0.852 bits per heavy atom. The molecule has 138 valence electrons. The van der Waals surface area contributed by atoms with Crippen LogP contribution in [0.5, 0.6) is 17.2 Å². The van der Waals surface area contributed by atoms with Gasteiger partial charge in [0, 0.05) is 6.07 Å². The molecule has 6 heteroatoms. The summed E-state index contributed by atoms with van der Waals surface area (Å²) in [6.45, 7) is 0. The van der Waals surface area contributed by atoms with Gasteiger partial charge < -0.3 is 14.2 Å². The van der Waals surface area contributed by atoms with Crippen LogP contribution in [0.2, 0.25) is 5.02 Å². The van der Waals surface area contributed by atoms with Crippen LogP contribution in [-0.2, 0) is 0 Å². The van der Waals surface area contributed by atoms with Crippen molar-refractivity contribution in [2.45, 2.75) is 0 Å². The highest BCUT2D eigenvalue weighted by atomic mass is 35.5. The Labute approximate surface area is 162 Å². The molecule has 0 aliphatic heterocycles. The monoisotopic (exact) mass is 383 g/mol. The van der Waals surface area contributed by atoms with E-state index in [4.69, 9.17) is 25.8 Å². The Hall–Kier alpha value is -3.18. The first kappa shape index (κ1) is 18.6. The number of carbonyl (C=O) groups is 1. The molecule has 3 aromatic carbocycles. The fraction of sp³-hybridized carbons (Fsp3) is 0.0952. The molecule has 0 bridgehead atoms. The van der Waals surface area contributed by atoms with E-state index in [1.165, 1.54) is 14.2 Å². The zero-order chi connectivity index (χ0) is 19.2. The van der Waals surface area contributed by atoms with E-state index in [0.29, 0.717) is 22.2 Å². The fourth-order valence-electron chi connectivity index (χ4n) is 2.54. The predicted octanol–water partition coefficient (Wildman–Crippen LogP) is 5.64. The van der Waals surface area contributed by atoms with Crippen LogP contribution in [0.15, 0.2) is 66.7 Å². The second kappa shape index (κ2) is 8.47. The predicted molar refractivity (Wildman–Crippen MR) is 106 cm³/mol. The van der Waals surface area contributed by atoms with Crippen LogP contribution in [-0.4, -0.2) is 20.3 Å². The van der Waals surface area contributed by atoms with Crippen molar-refractivity contribution in [1.82, 2.24) is 0 Å². The van der Waals surface area contributed by atoms with E-state index in [-0.39, 0.29) is 5.75 Å². The number of hydrogen-bond acceptors (Lipinski definition) is 4. The standard InChI is InChI=1S/C21H18ClNO4/c1-25-16-9-11-20(26-2)18(13-16)23-21(24)27-19-10-8-15(12-17(19)22)14-6-4-3-5-7-14/h3-13H,1-2H3,(H,23,24). The molecule has 3 aromatic rings. The van der Waals surface area contributed by atoms with Gasteiger partial charge in [0.1, 0.15) is 11.5 Å². The first-order valence-electron chi connectivity index (χ1n) is 8.16. The highest BCUT2D eigenvalue weighted by Crippen LogP contribution is 2.32. The van der Waals surface area contributed by atoms with Crippen LogP contribution in [0.4, 0.5) is 10.5 Å². The average molecular weight is 384 g/mol. The molecule has 0 spiro atoms. The minimum atomic E-state index is -0.684. The number of amides is 1. The van der Waals surface area contributed by atoms with Crippen molar-refractivity contribution >= 4 is 23.4 Å². The summed E-state index contributed by atoms with van der Waals surface area (Å²) in [5.74, 6) is 1.32. The highest BCUT2D eigenvalue weighted by molar-refractivity contribution is 6.32. The molecule has 0 radical (unpaired) electrons. The van der Waals surface area contributed by atoms with Gasteiger partial charge >= 0.3 is 6.09 Å². The summed E-state index contributed by atoms with van der Waals surface area (Å²) < 4.78 is 15.7. The summed E-state index contributed by atoms with van der Waals surface area (Å²) in [4.78, 5) is 12.3. The van der Waals surface area contributed by atoms with Crippen LogP contribution < -0.4 is 19.5 Å². The molecule has 3 rings (SSSR count). The van der Waals surface area contributed by atoms with Crippen molar-refractivity contribution < 1.29 is 19.0 Å². The number of halogens is 1. The van der Waals surface area contributed by atoms with Gasteiger partial charge in [0.25, 0.3) is 0 Å². The summed E-state index contributed by atoms with van der Waals surface area (Å²) in [6.07, 6.45) is -0.684. The number of nitrogens with one attached hydrogen (secondary N) is 1. The van der Waals surface area contributed by atoms with E-state index < -0.39 is 6.09 Å². The van der Waals surface area contributed by atoms with E-state index in [1.54, 1.807) is 30.3 Å². The molecule has 0 unspecified atom stereocenters. The zero-order valence-electron chi connectivity index (χ0n) is 14.9. The summed E-state index contributed by atoms with van der Waals surface area (Å²) in [6, 6.07) is 20.1. The maximum absolute atomic E-state index is 12.3.